The molecule has 0 N–H and O–H groups in total. The van der Waals surface area contributed by atoms with Crippen molar-refractivity contribution < 1.29 is 17.6 Å². The first-order chi connectivity index (χ1) is 15.2. The molecule has 1 aromatic heterocycles. The molecule has 3 nitrogen and oxygen atoms in total. The van der Waals surface area contributed by atoms with Gasteiger partial charge in [-0.1, -0.05) is 12.5 Å². The summed E-state index contributed by atoms with van der Waals surface area (Å²) in [5.41, 5.74) is 3.65. The lowest BCUT2D eigenvalue weighted by Gasteiger charge is -2.44. The van der Waals surface area contributed by atoms with Gasteiger partial charge in [-0.15, -0.1) is 0 Å². The lowest BCUT2D eigenvalue weighted by molar-refractivity contribution is -0.137. The van der Waals surface area contributed by atoms with Crippen LogP contribution in [0.2, 0.25) is 0 Å². The SMILES string of the molecule is CC12Cc3cnn(-c4ccc(F)cc4)c3C=C1CCN(Sc1ccc(C(F)(F)F)cc1)C2. The Bertz CT molecular complexity index is 1170. The van der Waals surface area contributed by atoms with Gasteiger partial charge in [0, 0.05) is 23.4 Å². The summed E-state index contributed by atoms with van der Waals surface area (Å²) in [6.07, 6.45) is 1.46. The summed E-state index contributed by atoms with van der Waals surface area (Å²) in [6.45, 7) is 3.84. The lowest BCUT2D eigenvalue weighted by atomic mass is 9.70. The zero-order valence-corrected chi connectivity index (χ0v) is 18.2. The van der Waals surface area contributed by atoms with Crippen molar-refractivity contribution in [2.24, 2.45) is 5.41 Å². The molecule has 0 radical (unpaired) electrons. The van der Waals surface area contributed by atoms with Crippen molar-refractivity contribution in [3.63, 3.8) is 0 Å². The van der Waals surface area contributed by atoms with Crippen LogP contribution in [0.1, 0.15) is 30.2 Å². The Balaban J connectivity index is 1.34. The zero-order chi connectivity index (χ0) is 22.5. The van der Waals surface area contributed by atoms with E-state index in [4.69, 9.17) is 0 Å². The average Bonchev–Trinajstić information content (AvgIpc) is 3.14. The molecule has 5 rings (SSSR count). The molecule has 0 amide bonds. The van der Waals surface area contributed by atoms with Gasteiger partial charge in [0.25, 0.3) is 0 Å². The molecule has 3 aromatic rings. The highest BCUT2D eigenvalue weighted by molar-refractivity contribution is 7.97. The number of hydrogen-bond acceptors (Lipinski definition) is 3. The van der Waals surface area contributed by atoms with Gasteiger partial charge >= 0.3 is 6.18 Å². The normalized spacial score (nSPS) is 21.1. The van der Waals surface area contributed by atoms with Crippen LogP contribution in [0.25, 0.3) is 11.8 Å². The smallest absolute Gasteiger partial charge is 0.245 e. The highest BCUT2D eigenvalue weighted by Crippen LogP contribution is 2.46. The molecule has 32 heavy (non-hydrogen) atoms. The highest BCUT2D eigenvalue weighted by atomic mass is 32.2. The van der Waals surface area contributed by atoms with Gasteiger partial charge < -0.3 is 0 Å². The van der Waals surface area contributed by atoms with E-state index in [1.807, 2.05) is 10.9 Å². The maximum Gasteiger partial charge on any atom is 0.416 e. The van der Waals surface area contributed by atoms with E-state index in [1.165, 1.54) is 41.8 Å². The number of piperidine rings is 1. The molecule has 1 aliphatic carbocycles. The second-order valence-corrected chi connectivity index (χ2v) is 9.75. The van der Waals surface area contributed by atoms with E-state index in [2.05, 4.69) is 22.4 Å². The average molecular weight is 460 g/mol. The van der Waals surface area contributed by atoms with E-state index in [0.29, 0.717) is 0 Å². The molecule has 0 bridgehead atoms. The summed E-state index contributed by atoms with van der Waals surface area (Å²) in [7, 11) is 0. The van der Waals surface area contributed by atoms with E-state index < -0.39 is 11.7 Å². The van der Waals surface area contributed by atoms with Crippen LogP contribution < -0.4 is 0 Å². The van der Waals surface area contributed by atoms with Gasteiger partial charge in [-0.2, -0.15) is 18.3 Å². The first-order valence-electron chi connectivity index (χ1n) is 10.4. The lowest BCUT2D eigenvalue weighted by Crippen LogP contribution is -2.42. The van der Waals surface area contributed by atoms with E-state index in [1.54, 1.807) is 12.1 Å². The summed E-state index contributed by atoms with van der Waals surface area (Å²) >= 11 is 1.51. The quantitative estimate of drug-likeness (QED) is 0.335. The summed E-state index contributed by atoms with van der Waals surface area (Å²) in [5, 5.41) is 4.54. The minimum Gasteiger partial charge on any atom is -0.245 e. The van der Waals surface area contributed by atoms with Gasteiger partial charge in [0.1, 0.15) is 5.82 Å². The molecule has 1 saturated heterocycles. The van der Waals surface area contributed by atoms with Crippen LogP contribution in [0, 0.1) is 11.2 Å². The molecule has 1 aliphatic heterocycles. The van der Waals surface area contributed by atoms with Crippen LogP contribution in [0.3, 0.4) is 0 Å². The monoisotopic (exact) mass is 459 g/mol. The van der Waals surface area contributed by atoms with Crippen LogP contribution in [0.5, 0.6) is 0 Å². The number of aromatic nitrogens is 2. The fourth-order valence-electron chi connectivity index (χ4n) is 4.52. The van der Waals surface area contributed by atoms with E-state index >= 15 is 0 Å². The van der Waals surface area contributed by atoms with Crippen LogP contribution in [0.15, 0.2) is 65.2 Å². The summed E-state index contributed by atoms with van der Waals surface area (Å²) in [4.78, 5) is 0.801. The van der Waals surface area contributed by atoms with Gasteiger partial charge in [-0.05, 0) is 85.0 Å². The number of fused-ring (bicyclic) bond motifs is 2. The molecule has 1 unspecified atom stereocenters. The topological polar surface area (TPSA) is 21.1 Å². The number of nitrogens with zero attached hydrogens (tertiary/aromatic N) is 3. The minimum absolute atomic E-state index is 0.0686. The largest absolute Gasteiger partial charge is 0.416 e. The Morgan fingerprint density at radius 1 is 1.03 bits per heavy atom. The van der Waals surface area contributed by atoms with Crippen LogP contribution in [-0.2, 0) is 12.6 Å². The van der Waals surface area contributed by atoms with Crippen LogP contribution in [-0.4, -0.2) is 27.2 Å². The molecule has 166 valence electrons. The van der Waals surface area contributed by atoms with Crippen LogP contribution >= 0.6 is 11.9 Å². The van der Waals surface area contributed by atoms with Gasteiger partial charge in [0.15, 0.2) is 0 Å². The molecule has 8 heteroatoms. The van der Waals surface area contributed by atoms with Gasteiger partial charge in [-0.25, -0.2) is 13.4 Å². The number of rotatable bonds is 3. The fourth-order valence-corrected chi connectivity index (χ4v) is 5.61. The second kappa shape index (κ2) is 7.78. The predicted octanol–water partition coefficient (Wildman–Crippen LogP) is 6.39. The van der Waals surface area contributed by atoms with Crippen molar-refractivity contribution in [2.45, 2.75) is 30.8 Å². The Kier molecular flexibility index (Phi) is 5.17. The molecule has 2 heterocycles. The van der Waals surface area contributed by atoms with Gasteiger partial charge in [0.2, 0.25) is 0 Å². The van der Waals surface area contributed by atoms with E-state index in [-0.39, 0.29) is 11.2 Å². The molecular weight excluding hydrogens is 438 g/mol. The third-order valence-corrected chi connectivity index (χ3v) is 7.25. The molecule has 1 fully saturated rings. The van der Waals surface area contributed by atoms with Crippen molar-refractivity contribution in [3.05, 3.63) is 82.9 Å². The van der Waals surface area contributed by atoms with Crippen molar-refractivity contribution in [1.29, 1.82) is 0 Å². The van der Waals surface area contributed by atoms with Gasteiger partial charge in [0.05, 0.1) is 23.1 Å². The second-order valence-electron chi connectivity index (χ2n) is 8.58. The maximum atomic E-state index is 13.3. The third-order valence-electron chi connectivity index (χ3n) is 6.20. The molecule has 0 saturated carbocycles. The molecule has 0 spiro atoms. The molecular formula is C24H21F4N3S. The summed E-state index contributed by atoms with van der Waals surface area (Å²) in [6, 6.07) is 11.6. The summed E-state index contributed by atoms with van der Waals surface area (Å²) < 4.78 is 55.8. The standard InChI is InChI=1S/C24H21F4N3S/c1-23-13-16-14-29-31(20-6-4-19(25)5-7-20)22(16)12-18(23)10-11-30(15-23)32-21-8-2-17(3-9-21)24(26,27)28/h2-9,12,14H,10-11,13,15H2,1H3. The summed E-state index contributed by atoms with van der Waals surface area (Å²) in [5.74, 6) is -0.279. The third kappa shape index (κ3) is 3.97. The number of halogens is 4. The van der Waals surface area contributed by atoms with Crippen molar-refractivity contribution in [2.75, 3.05) is 13.1 Å². The van der Waals surface area contributed by atoms with E-state index in [9.17, 15) is 17.6 Å². The van der Waals surface area contributed by atoms with E-state index in [0.717, 1.165) is 59.9 Å². The highest BCUT2D eigenvalue weighted by Gasteiger charge is 2.39. The molecule has 2 aliphatic rings. The number of benzene rings is 2. The number of hydrogen-bond donors (Lipinski definition) is 0. The maximum absolute atomic E-state index is 13.3. The Hall–Kier alpha value is -2.58. The Morgan fingerprint density at radius 2 is 1.75 bits per heavy atom. The first-order valence-corrected chi connectivity index (χ1v) is 11.1. The van der Waals surface area contributed by atoms with Crippen molar-refractivity contribution in [1.82, 2.24) is 14.1 Å². The fraction of sp³-hybridized carbons (Fsp3) is 0.292. The molecule has 1 atom stereocenters. The van der Waals surface area contributed by atoms with Crippen LogP contribution in [0.4, 0.5) is 17.6 Å². The Morgan fingerprint density at radius 3 is 2.44 bits per heavy atom. The Labute approximate surface area is 187 Å². The van der Waals surface area contributed by atoms with Gasteiger partial charge in [-0.3, -0.25) is 0 Å². The van der Waals surface area contributed by atoms with Crippen molar-refractivity contribution >= 4 is 18.0 Å². The minimum atomic E-state index is -4.32. The molecule has 2 aromatic carbocycles. The zero-order valence-electron chi connectivity index (χ0n) is 17.4. The van der Waals surface area contributed by atoms with Crippen molar-refractivity contribution in [3.8, 4) is 5.69 Å². The first kappa shape index (κ1) is 21.3. The number of alkyl halides is 3. The predicted molar refractivity (Wildman–Crippen MR) is 117 cm³/mol.